The molecule has 0 atom stereocenters. The minimum Gasteiger partial charge on any atom is -0.507 e. The Morgan fingerprint density at radius 2 is 2.25 bits per heavy atom. The van der Waals surface area contributed by atoms with Gasteiger partial charge in [-0.2, -0.15) is 0 Å². The summed E-state index contributed by atoms with van der Waals surface area (Å²) in [6.45, 7) is 0. The Labute approximate surface area is 74.5 Å². The number of halogens is 1. The number of carbonyl (C=O) groups excluding carboxylic acids is 1. The number of methoxy groups -OCH3 is 1. The van der Waals surface area contributed by atoms with Crippen LogP contribution in [0.5, 0.6) is 5.75 Å². The van der Waals surface area contributed by atoms with E-state index in [1.807, 2.05) is 0 Å². The molecule has 1 rings (SSSR count). The van der Waals surface area contributed by atoms with Gasteiger partial charge in [0.05, 0.1) is 7.11 Å². The van der Waals surface area contributed by atoms with Gasteiger partial charge in [-0.25, -0.2) is 4.79 Å². The maximum atomic E-state index is 10.9. The topological polar surface area (TPSA) is 46.5 Å². The van der Waals surface area contributed by atoms with Crippen LogP contribution in [0.2, 0.25) is 5.02 Å². The molecule has 1 aromatic carbocycles. The van der Waals surface area contributed by atoms with Gasteiger partial charge in [-0.3, -0.25) is 0 Å². The largest absolute Gasteiger partial charge is 0.507 e. The molecule has 0 saturated heterocycles. The smallest absolute Gasteiger partial charge is 0.341 e. The van der Waals surface area contributed by atoms with Gasteiger partial charge < -0.3 is 9.84 Å². The molecule has 0 spiro atoms. The number of carbonyl (C=O) groups is 1. The Morgan fingerprint density at radius 1 is 1.58 bits per heavy atom. The number of aromatic hydroxyl groups is 1. The molecule has 0 aliphatic rings. The second kappa shape index (κ2) is 3.45. The number of phenols is 1. The summed E-state index contributed by atoms with van der Waals surface area (Å²) in [7, 11) is 1.24. The van der Waals surface area contributed by atoms with Crippen LogP contribution in [-0.4, -0.2) is 18.2 Å². The van der Waals surface area contributed by atoms with Crippen molar-refractivity contribution in [3.63, 3.8) is 0 Å². The van der Waals surface area contributed by atoms with Gasteiger partial charge >= 0.3 is 5.97 Å². The fourth-order valence-electron chi connectivity index (χ4n) is 0.782. The van der Waals surface area contributed by atoms with Crippen LogP contribution in [0.3, 0.4) is 0 Å². The summed E-state index contributed by atoms with van der Waals surface area (Å²) < 4.78 is 4.41. The highest BCUT2D eigenvalue weighted by Gasteiger charge is 2.10. The van der Waals surface area contributed by atoms with Crippen molar-refractivity contribution in [2.24, 2.45) is 0 Å². The van der Waals surface area contributed by atoms with E-state index in [0.29, 0.717) is 5.02 Å². The third kappa shape index (κ3) is 1.68. The average molecular weight is 189 g/mol. The van der Waals surface area contributed by atoms with Crippen molar-refractivity contribution in [2.45, 2.75) is 0 Å². The Morgan fingerprint density at radius 3 is 2.83 bits per heavy atom. The van der Waals surface area contributed by atoms with E-state index in [4.69, 9.17) is 11.6 Å². The second-order valence-electron chi connectivity index (χ2n) is 2.15. The highest BCUT2D eigenvalue weighted by atomic mass is 35.5. The molecule has 0 saturated carbocycles. The van der Waals surface area contributed by atoms with Crippen molar-refractivity contribution >= 4 is 17.6 Å². The lowest BCUT2D eigenvalue weighted by molar-refractivity contribution is 0.0597. The molecular weight excluding hydrogens is 182 g/mol. The summed E-state index contributed by atoms with van der Waals surface area (Å²) in [6, 6.07) is 4.18. The molecule has 0 amide bonds. The van der Waals surface area contributed by atoms with Crippen LogP contribution in [0.1, 0.15) is 10.4 Å². The number of phenolic OH excluding ortho intramolecular Hbond substituents is 1. The minimum absolute atomic E-state index is 0.0741. The number of rotatable bonds is 1. The van der Waals surface area contributed by atoms with Gasteiger partial charge in [-0.15, -0.1) is 0 Å². The van der Waals surface area contributed by atoms with E-state index in [2.05, 4.69) is 4.74 Å². The first-order valence-electron chi connectivity index (χ1n) is 3.22. The van der Waals surface area contributed by atoms with Crippen molar-refractivity contribution in [3.8, 4) is 5.75 Å². The van der Waals surface area contributed by atoms with E-state index >= 15 is 0 Å². The summed E-state index contributed by atoms with van der Waals surface area (Å²) in [5.74, 6) is -0.735. The van der Waals surface area contributed by atoms with Crippen LogP contribution in [0.15, 0.2) is 18.2 Å². The van der Waals surface area contributed by atoms with Crippen molar-refractivity contribution in [1.29, 1.82) is 0 Å². The number of esters is 1. The standard InChI is InChI=1S/C8H7ClO3/c1-12-8(11)6-4-5(9)2-3-7(6)10/h2-4,10H,1H3/i8+2. The maximum absolute atomic E-state index is 10.9. The van der Waals surface area contributed by atoms with Gasteiger partial charge in [-0.1, -0.05) is 11.6 Å². The zero-order chi connectivity index (χ0) is 9.14. The number of benzene rings is 1. The first-order chi connectivity index (χ1) is 5.65. The van der Waals surface area contributed by atoms with E-state index in [0.717, 1.165) is 0 Å². The lowest BCUT2D eigenvalue weighted by Crippen LogP contribution is -2.00. The van der Waals surface area contributed by atoms with Crippen LogP contribution in [0.4, 0.5) is 0 Å². The molecular formula is C8H7ClO3. The van der Waals surface area contributed by atoms with Crippen molar-refractivity contribution < 1.29 is 14.6 Å². The SMILES string of the molecule is CO[14C](=O)c1cc(Cl)ccc1O. The quantitative estimate of drug-likeness (QED) is 0.684. The van der Waals surface area contributed by atoms with E-state index in [9.17, 15) is 9.90 Å². The number of hydrogen-bond acceptors (Lipinski definition) is 3. The van der Waals surface area contributed by atoms with Gasteiger partial charge in [0, 0.05) is 5.02 Å². The fraction of sp³-hybridized carbons (Fsp3) is 0.125. The van der Waals surface area contributed by atoms with E-state index in [-0.39, 0.29) is 11.3 Å². The van der Waals surface area contributed by atoms with Gasteiger partial charge in [0.25, 0.3) is 0 Å². The molecule has 0 fully saturated rings. The zero-order valence-corrected chi connectivity index (χ0v) is 7.13. The Bertz CT molecular complexity index is 309. The van der Waals surface area contributed by atoms with Crippen molar-refractivity contribution in [2.75, 3.05) is 7.11 Å². The summed E-state index contributed by atoms with van der Waals surface area (Å²) in [5.41, 5.74) is 0.0741. The molecule has 0 aromatic heterocycles. The third-order valence-electron chi connectivity index (χ3n) is 1.36. The molecule has 64 valence electrons. The maximum Gasteiger partial charge on any atom is 0.341 e. The van der Waals surface area contributed by atoms with Gasteiger partial charge in [0.2, 0.25) is 0 Å². The van der Waals surface area contributed by atoms with Crippen LogP contribution in [0, 0.1) is 0 Å². The summed E-state index contributed by atoms with van der Waals surface area (Å²) in [5, 5.41) is 9.56. The first-order valence-corrected chi connectivity index (χ1v) is 3.60. The molecule has 1 aromatic rings. The van der Waals surface area contributed by atoms with Gasteiger partial charge in [0.1, 0.15) is 11.3 Å². The molecule has 0 unspecified atom stereocenters. The van der Waals surface area contributed by atoms with Crippen LogP contribution >= 0.6 is 11.6 Å². The Balaban J connectivity index is 3.13. The predicted octanol–water partition coefficient (Wildman–Crippen LogP) is 1.83. The Kier molecular flexibility index (Phi) is 2.55. The molecule has 4 heteroatoms. The molecule has 0 radical (unpaired) electrons. The third-order valence-corrected chi connectivity index (χ3v) is 1.60. The van der Waals surface area contributed by atoms with Crippen molar-refractivity contribution in [3.05, 3.63) is 28.8 Å². The lowest BCUT2D eigenvalue weighted by atomic mass is 10.3. The van der Waals surface area contributed by atoms with Gasteiger partial charge in [0.15, 0.2) is 0 Å². The summed E-state index contributed by atoms with van der Waals surface area (Å²) >= 11 is 5.60. The van der Waals surface area contributed by atoms with E-state index < -0.39 is 5.97 Å². The van der Waals surface area contributed by atoms with Crippen LogP contribution in [0.25, 0.3) is 0 Å². The first kappa shape index (κ1) is 8.87. The lowest BCUT2D eigenvalue weighted by Gasteiger charge is -2.01. The van der Waals surface area contributed by atoms with Crippen molar-refractivity contribution in [1.82, 2.24) is 0 Å². The number of ether oxygens (including phenoxy) is 1. The molecule has 0 aliphatic heterocycles. The minimum atomic E-state index is -0.602. The summed E-state index contributed by atoms with van der Waals surface area (Å²) in [4.78, 5) is 10.9. The molecule has 0 aliphatic carbocycles. The van der Waals surface area contributed by atoms with E-state index in [1.165, 1.54) is 25.3 Å². The summed E-state index contributed by atoms with van der Waals surface area (Å²) in [6.07, 6.45) is 0. The zero-order valence-electron chi connectivity index (χ0n) is 6.37. The molecule has 3 nitrogen and oxygen atoms in total. The molecule has 0 heterocycles. The van der Waals surface area contributed by atoms with Crippen LogP contribution < -0.4 is 0 Å². The second-order valence-corrected chi connectivity index (χ2v) is 2.59. The highest BCUT2D eigenvalue weighted by Crippen LogP contribution is 2.21. The normalized spacial score (nSPS) is 9.50. The monoisotopic (exact) mass is 188 g/mol. The predicted molar refractivity (Wildman–Crippen MR) is 44.5 cm³/mol. The number of hydrogen-bond donors (Lipinski definition) is 1. The van der Waals surface area contributed by atoms with Gasteiger partial charge in [-0.05, 0) is 18.2 Å². The molecule has 1 N–H and O–H groups in total. The fourth-order valence-corrected chi connectivity index (χ4v) is 0.954. The average Bonchev–Trinajstić information content (AvgIpc) is 2.08. The molecule has 12 heavy (non-hydrogen) atoms. The Hall–Kier alpha value is -1.22. The van der Waals surface area contributed by atoms with Crippen LogP contribution in [-0.2, 0) is 4.74 Å². The molecule has 0 bridgehead atoms. The van der Waals surface area contributed by atoms with E-state index in [1.54, 1.807) is 0 Å². The highest BCUT2D eigenvalue weighted by molar-refractivity contribution is 6.31.